The summed E-state index contributed by atoms with van der Waals surface area (Å²) in [5, 5.41) is 1.19. The molecule has 11 heavy (non-hydrogen) atoms. The molecule has 0 bridgehead atoms. The third-order valence-corrected chi connectivity index (χ3v) is 3.67. The maximum absolute atomic E-state index is 5.88. The Morgan fingerprint density at radius 2 is 1.82 bits per heavy atom. The SMILES string of the molecule is Cc1cc(Cl)c(Cl)c(Br)c1C. The largest absolute Gasteiger partial charge is 0.0827 e. The molecule has 1 aromatic carbocycles. The van der Waals surface area contributed by atoms with Crippen molar-refractivity contribution in [2.24, 2.45) is 0 Å². The van der Waals surface area contributed by atoms with Gasteiger partial charge in [0.2, 0.25) is 0 Å². The first-order chi connectivity index (χ1) is 5.04. The van der Waals surface area contributed by atoms with E-state index in [-0.39, 0.29) is 0 Å². The van der Waals surface area contributed by atoms with Crippen LogP contribution in [-0.4, -0.2) is 0 Å². The second kappa shape index (κ2) is 3.34. The third-order valence-electron chi connectivity index (χ3n) is 1.67. The van der Waals surface area contributed by atoms with Gasteiger partial charge in [0.05, 0.1) is 10.0 Å². The highest BCUT2D eigenvalue weighted by atomic mass is 79.9. The Bertz CT molecular complexity index is 268. The lowest BCUT2D eigenvalue weighted by Gasteiger charge is -2.06. The number of hydrogen-bond acceptors (Lipinski definition) is 0. The average molecular weight is 254 g/mol. The maximum atomic E-state index is 5.88. The Labute approximate surface area is 84.6 Å². The minimum atomic E-state index is 0.592. The summed E-state index contributed by atoms with van der Waals surface area (Å²) < 4.78 is 0.893. The molecule has 0 N–H and O–H groups in total. The van der Waals surface area contributed by atoms with Crippen LogP contribution in [0.1, 0.15) is 11.1 Å². The smallest absolute Gasteiger partial charge is 0.0737 e. The summed E-state index contributed by atoms with van der Waals surface area (Å²) >= 11 is 15.1. The number of benzene rings is 1. The van der Waals surface area contributed by atoms with E-state index in [2.05, 4.69) is 15.9 Å². The first-order valence-electron chi connectivity index (χ1n) is 3.14. The van der Waals surface area contributed by atoms with E-state index >= 15 is 0 Å². The minimum Gasteiger partial charge on any atom is -0.0827 e. The van der Waals surface area contributed by atoms with Crippen LogP contribution in [-0.2, 0) is 0 Å². The van der Waals surface area contributed by atoms with Gasteiger partial charge in [0, 0.05) is 4.47 Å². The van der Waals surface area contributed by atoms with E-state index < -0.39 is 0 Å². The van der Waals surface area contributed by atoms with Crippen molar-refractivity contribution in [1.82, 2.24) is 0 Å². The summed E-state index contributed by atoms with van der Waals surface area (Å²) in [4.78, 5) is 0. The molecule has 0 nitrogen and oxygen atoms in total. The lowest BCUT2D eigenvalue weighted by atomic mass is 10.1. The van der Waals surface area contributed by atoms with E-state index in [0.717, 1.165) is 15.6 Å². The molecule has 0 heterocycles. The first-order valence-corrected chi connectivity index (χ1v) is 4.69. The highest BCUT2D eigenvalue weighted by Crippen LogP contribution is 2.34. The van der Waals surface area contributed by atoms with Gasteiger partial charge < -0.3 is 0 Å². The maximum Gasteiger partial charge on any atom is 0.0737 e. The van der Waals surface area contributed by atoms with Crippen LogP contribution in [0, 0.1) is 13.8 Å². The molecule has 0 atom stereocenters. The highest BCUT2D eigenvalue weighted by molar-refractivity contribution is 9.10. The van der Waals surface area contributed by atoms with Crippen molar-refractivity contribution in [3.05, 3.63) is 31.7 Å². The molecule has 0 amide bonds. The molecular weight excluding hydrogens is 247 g/mol. The van der Waals surface area contributed by atoms with E-state index in [0.29, 0.717) is 10.0 Å². The fraction of sp³-hybridized carbons (Fsp3) is 0.250. The summed E-state index contributed by atoms with van der Waals surface area (Å²) in [5.74, 6) is 0. The molecule has 0 aromatic heterocycles. The van der Waals surface area contributed by atoms with Crippen molar-refractivity contribution >= 4 is 39.1 Å². The summed E-state index contributed by atoms with van der Waals surface area (Å²) in [5.41, 5.74) is 2.28. The predicted molar refractivity (Wildman–Crippen MR) is 53.6 cm³/mol. The van der Waals surface area contributed by atoms with Crippen LogP contribution in [0.4, 0.5) is 0 Å². The quantitative estimate of drug-likeness (QED) is 0.603. The van der Waals surface area contributed by atoms with Crippen molar-refractivity contribution in [2.45, 2.75) is 13.8 Å². The van der Waals surface area contributed by atoms with Crippen LogP contribution < -0.4 is 0 Å². The van der Waals surface area contributed by atoms with Crippen molar-refractivity contribution < 1.29 is 0 Å². The highest BCUT2D eigenvalue weighted by Gasteiger charge is 2.07. The van der Waals surface area contributed by atoms with Gasteiger partial charge in [-0.2, -0.15) is 0 Å². The second-order valence-corrected chi connectivity index (χ2v) is 4.01. The van der Waals surface area contributed by atoms with Crippen molar-refractivity contribution in [1.29, 1.82) is 0 Å². The number of halogens is 3. The van der Waals surface area contributed by atoms with Gasteiger partial charge in [-0.25, -0.2) is 0 Å². The van der Waals surface area contributed by atoms with Gasteiger partial charge in [-0.05, 0) is 47.0 Å². The Balaban J connectivity index is 3.46. The lowest BCUT2D eigenvalue weighted by molar-refractivity contribution is 1.32. The molecule has 0 aliphatic carbocycles. The van der Waals surface area contributed by atoms with Crippen LogP contribution in [0.5, 0.6) is 0 Å². The standard InChI is InChI=1S/C8H7BrCl2/c1-4-3-6(10)8(11)7(9)5(4)2/h3H,1-2H3. The molecule has 0 saturated carbocycles. The molecule has 1 aromatic rings. The molecule has 0 aliphatic rings. The van der Waals surface area contributed by atoms with E-state index in [1.807, 2.05) is 19.9 Å². The molecule has 0 unspecified atom stereocenters. The van der Waals surface area contributed by atoms with E-state index in [9.17, 15) is 0 Å². The number of aryl methyl sites for hydroxylation is 1. The molecule has 0 saturated heterocycles. The van der Waals surface area contributed by atoms with Gasteiger partial charge in [-0.3, -0.25) is 0 Å². The van der Waals surface area contributed by atoms with Crippen molar-refractivity contribution in [3.63, 3.8) is 0 Å². The third kappa shape index (κ3) is 1.71. The van der Waals surface area contributed by atoms with Gasteiger partial charge in [0.1, 0.15) is 0 Å². The Morgan fingerprint density at radius 1 is 1.27 bits per heavy atom. The summed E-state index contributed by atoms with van der Waals surface area (Å²) in [6.07, 6.45) is 0. The summed E-state index contributed by atoms with van der Waals surface area (Å²) in [6.45, 7) is 4.00. The molecule has 0 fully saturated rings. The van der Waals surface area contributed by atoms with Gasteiger partial charge in [0.25, 0.3) is 0 Å². The van der Waals surface area contributed by atoms with Gasteiger partial charge in [0.15, 0.2) is 0 Å². The van der Waals surface area contributed by atoms with E-state index in [4.69, 9.17) is 23.2 Å². The van der Waals surface area contributed by atoms with Gasteiger partial charge in [-0.15, -0.1) is 0 Å². The van der Waals surface area contributed by atoms with Crippen LogP contribution >= 0.6 is 39.1 Å². The van der Waals surface area contributed by atoms with Crippen molar-refractivity contribution in [2.75, 3.05) is 0 Å². The summed E-state index contributed by atoms with van der Waals surface area (Å²) in [7, 11) is 0. The minimum absolute atomic E-state index is 0.592. The monoisotopic (exact) mass is 252 g/mol. The Morgan fingerprint density at radius 3 is 2.36 bits per heavy atom. The zero-order valence-electron chi connectivity index (χ0n) is 6.21. The Hall–Kier alpha value is 0.280. The normalized spacial score (nSPS) is 10.3. The van der Waals surface area contributed by atoms with E-state index in [1.165, 1.54) is 0 Å². The Kier molecular flexibility index (Phi) is 2.84. The van der Waals surface area contributed by atoms with Crippen LogP contribution in [0.25, 0.3) is 0 Å². The number of rotatable bonds is 0. The average Bonchev–Trinajstić information content (AvgIpc) is 1.97. The zero-order valence-corrected chi connectivity index (χ0v) is 9.31. The molecular formula is C8H7BrCl2. The number of hydrogen-bond donors (Lipinski definition) is 0. The molecule has 0 radical (unpaired) electrons. The zero-order chi connectivity index (χ0) is 8.59. The van der Waals surface area contributed by atoms with Gasteiger partial charge >= 0.3 is 0 Å². The molecule has 60 valence electrons. The van der Waals surface area contributed by atoms with Gasteiger partial charge in [-0.1, -0.05) is 23.2 Å². The van der Waals surface area contributed by atoms with E-state index in [1.54, 1.807) is 0 Å². The molecule has 3 heteroatoms. The molecule has 0 spiro atoms. The van der Waals surface area contributed by atoms with Crippen molar-refractivity contribution in [3.8, 4) is 0 Å². The molecule has 0 aliphatic heterocycles. The summed E-state index contributed by atoms with van der Waals surface area (Å²) in [6, 6.07) is 1.87. The topological polar surface area (TPSA) is 0 Å². The first kappa shape index (κ1) is 9.37. The predicted octanol–water partition coefficient (Wildman–Crippen LogP) is 4.37. The van der Waals surface area contributed by atoms with Crippen LogP contribution in [0.3, 0.4) is 0 Å². The fourth-order valence-electron chi connectivity index (χ4n) is 0.804. The molecule has 1 rings (SSSR count). The lowest BCUT2D eigenvalue weighted by Crippen LogP contribution is -1.84. The fourth-order valence-corrected chi connectivity index (χ4v) is 1.90. The van der Waals surface area contributed by atoms with Crippen LogP contribution in [0.15, 0.2) is 10.5 Å². The van der Waals surface area contributed by atoms with Crippen LogP contribution in [0.2, 0.25) is 10.0 Å². The second-order valence-electron chi connectivity index (χ2n) is 2.43.